The molecule has 7 nitrogen and oxygen atoms in total. The number of fused-ring (bicyclic) bond motifs is 1. The van der Waals surface area contributed by atoms with Gasteiger partial charge in [0.2, 0.25) is 0 Å². The highest BCUT2D eigenvalue weighted by atomic mass is 16.2. The molecular formula is C15H17N5O2. The molecule has 2 aromatic heterocycles. The molecule has 0 radical (unpaired) electrons. The van der Waals surface area contributed by atoms with Gasteiger partial charge in [0.1, 0.15) is 17.7 Å². The van der Waals surface area contributed by atoms with Gasteiger partial charge in [-0.05, 0) is 37.5 Å². The standard InChI is InChI=1S/C15H17N5O2/c1-10-6-11-8-16-9-20(11)12(7-10)19-4-2-15(3-5-19)13(21)17-14(22)18-15/h6-9H,2-5H2,1H3,(H2,17,18,21,22). The lowest BCUT2D eigenvalue weighted by atomic mass is 9.87. The molecule has 0 aromatic carbocycles. The van der Waals surface area contributed by atoms with Crippen LogP contribution in [0.25, 0.3) is 5.52 Å². The molecule has 0 unspecified atom stereocenters. The second kappa shape index (κ2) is 4.46. The van der Waals surface area contributed by atoms with E-state index in [1.165, 1.54) is 5.56 Å². The lowest BCUT2D eigenvalue weighted by Crippen LogP contribution is -2.55. The third-order valence-corrected chi connectivity index (χ3v) is 4.60. The van der Waals surface area contributed by atoms with Gasteiger partial charge in [0.25, 0.3) is 5.91 Å². The maximum absolute atomic E-state index is 12.0. The van der Waals surface area contributed by atoms with E-state index in [2.05, 4.69) is 44.0 Å². The first-order valence-electron chi connectivity index (χ1n) is 7.39. The van der Waals surface area contributed by atoms with Gasteiger partial charge in [-0.3, -0.25) is 14.5 Å². The fraction of sp³-hybridized carbons (Fsp3) is 0.400. The first-order valence-corrected chi connectivity index (χ1v) is 7.39. The molecule has 2 saturated heterocycles. The first kappa shape index (κ1) is 13.1. The summed E-state index contributed by atoms with van der Waals surface area (Å²) in [5.41, 5.74) is 1.50. The molecule has 0 aliphatic carbocycles. The maximum Gasteiger partial charge on any atom is 0.322 e. The fourth-order valence-electron chi connectivity index (χ4n) is 3.39. The molecule has 3 amide bonds. The molecule has 2 aliphatic heterocycles. The molecule has 1 spiro atoms. The molecule has 2 N–H and O–H groups in total. The van der Waals surface area contributed by atoms with Gasteiger partial charge in [0, 0.05) is 13.1 Å². The molecule has 0 saturated carbocycles. The molecule has 2 fully saturated rings. The minimum Gasteiger partial charge on any atom is -0.357 e. The summed E-state index contributed by atoms with van der Waals surface area (Å²) in [7, 11) is 0. The lowest BCUT2D eigenvalue weighted by molar-refractivity contribution is -0.124. The summed E-state index contributed by atoms with van der Waals surface area (Å²) in [4.78, 5) is 29.8. The topological polar surface area (TPSA) is 78.7 Å². The van der Waals surface area contributed by atoms with Crippen molar-refractivity contribution in [3.8, 4) is 0 Å². The monoisotopic (exact) mass is 299 g/mol. The number of imide groups is 1. The van der Waals surface area contributed by atoms with Gasteiger partial charge in [-0.25, -0.2) is 9.78 Å². The summed E-state index contributed by atoms with van der Waals surface area (Å²) in [5, 5.41) is 5.13. The van der Waals surface area contributed by atoms with Crippen molar-refractivity contribution in [2.24, 2.45) is 0 Å². The van der Waals surface area contributed by atoms with Gasteiger partial charge in [-0.2, -0.15) is 0 Å². The number of anilines is 1. The Morgan fingerprint density at radius 3 is 2.68 bits per heavy atom. The number of aromatic nitrogens is 2. The van der Waals surface area contributed by atoms with Crippen LogP contribution in [0.5, 0.6) is 0 Å². The predicted octanol–water partition coefficient (Wildman–Crippen LogP) is 0.821. The van der Waals surface area contributed by atoms with Crippen molar-refractivity contribution >= 4 is 23.3 Å². The Labute approximate surface area is 127 Å². The van der Waals surface area contributed by atoms with Crippen LogP contribution in [0.1, 0.15) is 18.4 Å². The van der Waals surface area contributed by atoms with Crippen molar-refractivity contribution in [1.29, 1.82) is 0 Å². The molecule has 7 heteroatoms. The van der Waals surface area contributed by atoms with Gasteiger partial charge in [-0.1, -0.05) is 0 Å². The Morgan fingerprint density at radius 2 is 2.00 bits per heavy atom. The number of hydrogen-bond donors (Lipinski definition) is 2. The van der Waals surface area contributed by atoms with Crippen LogP contribution in [0.4, 0.5) is 10.6 Å². The summed E-state index contributed by atoms with van der Waals surface area (Å²) < 4.78 is 2.05. The van der Waals surface area contributed by atoms with E-state index in [1.807, 2.05) is 6.20 Å². The summed E-state index contributed by atoms with van der Waals surface area (Å²) >= 11 is 0. The smallest absolute Gasteiger partial charge is 0.322 e. The minimum atomic E-state index is -0.731. The molecule has 0 atom stereocenters. The average Bonchev–Trinajstić information content (AvgIpc) is 3.04. The molecular weight excluding hydrogens is 282 g/mol. The molecule has 4 heterocycles. The van der Waals surface area contributed by atoms with E-state index in [-0.39, 0.29) is 11.9 Å². The van der Waals surface area contributed by atoms with E-state index >= 15 is 0 Å². The quantitative estimate of drug-likeness (QED) is 0.764. The van der Waals surface area contributed by atoms with Gasteiger partial charge in [0.05, 0.1) is 11.7 Å². The zero-order chi connectivity index (χ0) is 15.3. The number of aryl methyl sites for hydroxylation is 1. The van der Waals surface area contributed by atoms with Crippen LogP contribution in [0.3, 0.4) is 0 Å². The Bertz CT molecular complexity index is 773. The maximum atomic E-state index is 12.0. The normalized spacial score (nSPS) is 20.5. The van der Waals surface area contributed by atoms with E-state index in [1.54, 1.807) is 6.33 Å². The molecule has 4 rings (SSSR count). The number of urea groups is 1. The number of imidazole rings is 1. The van der Waals surface area contributed by atoms with Crippen LogP contribution in [0, 0.1) is 6.92 Å². The molecule has 114 valence electrons. The SMILES string of the molecule is Cc1cc(N2CCC3(CC2)NC(=O)NC3=O)n2cncc2c1. The highest BCUT2D eigenvalue weighted by Crippen LogP contribution is 2.29. The highest BCUT2D eigenvalue weighted by molar-refractivity contribution is 6.07. The Hall–Kier alpha value is -2.57. The number of rotatable bonds is 1. The second-order valence-corrected chi connectivity index (χ2v) is 6.06. The summed E-state index contributed by atoms with van der Waals surface area (Å²) in [5.74, 6) is 0.876. The average molecular weight is 299 g/mol. The number of pyridine rings is 1. The predicted molar refractivity (Wildman–Crippen MR) is 80.8 cm³/mol. The van der Waals surface area contributed by atoms with Crippen LogP contribution < -0.4 is 15.5 Å². The largest absolute Gasteiger partial charge is 0.357 e. The van der Waals surface area contributed by atoms with E-state index in [0.29, 0.717) is 25.9 Å². The van der Waals surface area contributed by atoms with Crippen LogP contribution in [0.15, 0.2) is 24.7 Å². The van der Waals surface area contributed by atoms with Crippen molar-refractivity contribution in [3.63, 3.8) is 0 Å². The number of amides is 3. The summed E-state index contributed by atoms with van der Waals surface area (Å²) in [6.07, 6.45) is 4.86. The van der Waals surface area contributed by atoms with E-state index < -0.39 is 5.54 Å². The minimum absolute atomic E-state index is 0.200. The van der Waals surface area contributed by atoms with Crippen molar-refractivity contribution in [2.75, 3.05) is 18.0 Å². The zero-order valence-corrected chi connectivity index (χ0v) is 12.3. The van der Waals surface area contributed by atoms with Gasteiger partial charge >= 0.3 is 6.03 Å². The van der Waals surface area contributed by atoms with Crippen LogP contribution in [-0.4, -0.2) is 40.0 Å². The number of carbonyl (C=O) groups is 2. The number of piperidine rings is 1. The van der Waals surface area contributed by atoms with Crippen molar-refractivity contribution in [2.45, 2.75) is 25.3 Å². The molecule has 22 heavy (non-hydrogen) atoms. The molecule has 0 bridgehead atoms. The number of nitrogens with zero attached hydrogens (tertiary/aromatic N) is 3. The van der Waals surface area contributed by atoms with Crippen LogP contribution in [0.2, 0.25) is 0 Å². The first-order chi connectivity index (χ1) is 10.6. The van der Waals surface area contributed by atoms with Gasteiger partial charge in [-0.15, -0.1) is 0 Å². The summed E-state index contributed by atoms with van der Waals surface area (Å²) in [6, 6.07) is 3.83. The van der Waals surface area contributed by atoms with E-state index in [9.17, 15) is 9.59 Å². The van der Waals surface area contributed by atoms with Gasteiger partial charge in [0.15, 0.2) is 0 Å². The zero-order valence-electron chi connectivity index (χ0n) is 12.3. The van der Waals surface area contributed by atoms with Gasteiger partial charge < -0.3 is 10.2 Å². The fourth-order valence-corrected chi connectivity index (χ4v) is 3.39. The Balaban J connectivity index is 1.62. The summed E-state index contributed by atoms with van der Waals surface area (Å²) in [6.45, 7) is 3.49. The third-order valence-electron chi connectivity index (χ3n) is 4.60. The third kappa shape index (κ3) is 1.85. The number of hydrogen-bond acceptors (Lipinski definition) is 4. The number of nitrogens with one attached hydrogen (secondary N) is 2. The Morgan fingerprint density at radius 1 is 1.23 bits per heavy atom. The highest BCUT2D eigenvalue weighted by Gasteiger charge is 2.48. The second-order valence-electron chi connectivity index (χ2n) is 6.06. The number of carbonyl (C=O) groups excluding carboxylic acids is 2. The van der Waals surface area contributed by atoms with E-state index in [4.69, 9.17) is 0 Å². The molecule has 2 aromatic rings. The van der Waals surface area contributed by atoms with Crippen LogP contribution in [-0.2, 0) is 4.79 Å². The Kier molecular flexibility index (Phi) is 2.66. The van der Waals surface area contributed by atoms with Crippen molar-refractivity contribution < 1.29 is 9.59 Å². The lowest BCUT2D eigenvalue weighted by Gasteiger charge is -2.38. The molecule has 2 aliphatic rings. The van der Waals surface area contributed by atoms with Crippen molar-refractivity contribution in [3.05, 3.63) is 30.2 Å². The van der Waals surface area contributed by atoms with Crippen molar-refractivity contribution in [1.82, 2.24) is 20.0 Å². The van der Waals surface area contributed by atoms with Crippen LogP contribution >= 0.6 is 0 Å². The van der Waals surface area contributed by atoms with E-state index in [0.717, 1.165) is 11.3 Å².